The number of aromatic nitrogens is 1. The number of hydrogen-bond acceptors (Lipinski definition) is 3. The van der Waals surface area contributed by atoms with E-state index in [0.717, 1.165) is 25.2 Å². The van der Waals surface area contributed by atoms with Crippen molar-refractivity contribution >= 4 is 0 Å². The fourth-order valence-electron chi connectivity index (χ4n) is 3.60. The third-order valence-corrected chi connectivity index (χ3v) is 5.01. The van der Waals surface area contributed by atoms with Gasteiger partial charge in [0.05, 0.1) is 13.2 Å². The van der Waals surface area contributed by atoms with Crippen LogP contribution in [0.15, 0.2) is 36.2 Å². The van der Waals surface area contributed by atoms with E-state index in [9.17, 15) is 0 Å². The van der Waals surface area contributed by atoms with E-state index in [2.05, 4.69) is 31.8 Å². The van der Waals surface area contributed by atoms with Gasteiger partial charge in [0, 0.05) is 23.4 Å². The van der Waals surface area contributed by atoms with Crippen LogP contribution in [0.3, 0.4) is 0 Å². The molecule has 20 heavy (non-hydrogen) atoms. The SMILES string of the molecule is CC1=C[C@H](C)C2(COC(c3cccnc3)OC2)[C@H](C)C1. The van der Waals surface area contributed by atoms with Crippen LogP contribution >= 0.6 is 0 Å². The van der Waals surface area contributed by atoms with E-state index in [-0.39, 0.29) is 11.7 Å². The van der Waals surface area contributed by atoms with Crippen molar-refractivity contribution in [3.63, 3.8) is 0 Å². The topological polar surface area (TPSA) is 31.4 Å². The molecule has 1 aromatic heterocycles. The minimum atomic E-state index is -0.263. The molecule has 1 saturated heterocycles. The molecule has 0 radical (unpaired) electrons. The van der Waals surface area contributed by atoms with Crippen molar-refractivity contribution < 1.29 is 9.47 Å². The summed E-state index contributed by atoms with van der Waals surface area (Å²) in [6.07, 6.45) is 6.86. The number of pyridine rings is 1. The maximum atomic E-state index is 6.04. The van der Waals surface area contributed by atoms with Crippen LogP contribution in [0.5, 0.6) is 0 Å². The average Bonchev–Trinajstić information content (AvgIpc) is 2.46. The Balaban J connectivity index is 1.75. The molecule has 0 N–H and O–H groups in total. The number of hydrogen-bond donors (Lipinski definition) is 0. The van der Waals surface area contributed by atoms with Gasteiger partial charge in [0.1, 0.15) is 0 Å². The minimum Gasteiger partial charge on any atom is -0.348 e. The van der Waals surface area contributed by atoms with Crippen LogP contribution in [0.1, 0.15) is 39.0 Å². The van der Waals surface area contributed by atoms with Crippen molar-refractivity contribution in [3.05, 3.63) is 41.7 Å². The third kappa shape index (κ3) is 2.29. The predicted molar refractivity (Wildman–Crippen MR) is 78.0 cm³/mol. The van der Waals surface area contributed by atoms with Gasteiger partial charge in [-0.2, -0.15) is 0 Å². The van der Waals surface area contributed by atoms with Crippen LogP contribution in [0.25, 0.3) is 0 Å². The van der Waals surface area contributed by atoms with Crippen molar-refractivity contribution in [2.75, 3.05) is 13.2 Å². The minimum absolute atomic E-state index is 0.123. The average molecular weight is 273 g/mol. The van der Waals surface area contributed by atoms with E-state index in [1.165, 1.54) is 5.57 Å². The molecule has 2 atom stereocenters. The van der Waals surface area contributed by atoms with Gasteiger partial charge in [-0.1, -0.05) is 31.6 Å². The van der Waals surface area contributed by atoms with Crippen molar-refractivity contribution in [3.8, 4) is 0 Å². The number of ether oxygens (including phenoxy) is 2. The molecule has 1 fully saturated rings. The van der Waals surface area contributed by atoms with Gasteiger partial charge >= 0.3 is 0 Å². The lowest BCUT2D eigenvalue weighted by atomic mass is 9.63. The Morgan fingerprint density at radius 1 is 1.25 bits per heavy atom. The summed E-state index contributed by atoms with van der Waals surface area (Å²) in [4.78, 5) is 4.13. The number of allylic oxidation sites excluding steroid dienone is 2. The van der Waals surface area contributed by atoms with Crippen LogP contribution in [-0.2, 0) is 9.47 Å². The smallest absolute Gasteiger partial charge is 0.185 e. The van der Waals surface area contributed by atoms with Crippen molar-refractivity contribution in [1.29, 1.82) is 0 Å². The highest BCUT2D eigenvalue weighted by Crippen LogP contribution is 2.48. The van der Waals surface area contributed by atoms with Crippen LogP contribution in [-0.4, -0.2) is 18.2 Å². The van der Waals surface area contributed by atoms with Crippen molar-refractivity contribution in [2.24, 2.45) is 17.3 Å². The predicted octanol–water partition coefficient (Wildman–Crippen LogP) is 3.74. The summed E-state index contributed by atoms with van der Waals surface area (Å²) in [5, 5.41) is 0. The summed E-state index contributed by atoms with van der Waals surface area (Å²) in [6.45, 7) is 8.36. The highest BCUT2D eigenvalue weighted by Gasteiger charge is 2.46. The molecule has 0 bridgehead atoms. The highest BCUT2D eigenvalue weighted by molar-refractivity contribution is 5.15. The molecule has 2 aliphatic rings. The van der Waals surface area contributed by atoms with E-state index < -0.39 is 0 Å². The molecule has 3 nitrogen and oxygen atoms in total. The maximum absolute atomic E-state index is 6.04. The highest BCUT2D eigenvalue weighted by atomic mass is 16.7. The zero-order chi connectivity index (χ0) is 14.2. The lowest BCUT2D eigenvalue weighted by molar-refractivity contribution is -0.254. The molecule has 0 aromatic carbocycles. The molecular formula is C17H23NO2. The molecule has 2 heterocycles. The number of rotatable bonds is 1. The van der Waals surface area contributed by atoms with Crippen LogP contribution < -0.4 is 0 Å². The largest absolute Gasteiger partial charge is 0.348 e. The fraction of sp³-hybridized carbons (Fsp3) is 0.588. The molecule has 3 heteroatoms. The summed E-state index contributed by atoms with van der Waals surface area (Å²) in [5.41, 5.74) is 2.62. The van der Waals surface area contributed by atoms with Gasteiger partial charge < -0.3 is 9.47 Å². The van der Waals surface area contributed by atoms with Crippen LogP contribution in [0.4, 0.5) is 0 Å². The Bertz CT molecular complexity index is 489. The van der Waals surface area contributed by atoms with Gasteiger partial charge in [0.25, 0.3) is 0 Å². The first-order valence-corrected chi connectivity index (χ1v) is 7.42. The lowest BCUT2D eigenvalue weighted by Crippen LogP contribution is -2.49. The van der Waals surface area contributed by atoms with Gasteiger partial charge in [-0.25, -0.2) is 0 Å². The Kier molecular flexibility index (Phi) is 3.65. The van der Waals surface area contributed by atoms with E-state index in [1.54, 1.807) is 6.20 Å². The first-order valence-electron chi connectivity index (χ1n) is 7.42. The summed E-state index contributed by atoms with van der Waals surface area (Å²) >= 11 is 0. The van der Waals surface area contributed by atoms with Crippen LogP contribution in [0, 0.1) is 17.3 Å². The molecule has 1 aliphatic heterocycles. The first-order chi connectivity index (χ1) is 9.62. The second kappa shape index (κ2) is 5.30. The third-order valence-electron chi connectivity index (χ3n) is 5.01. The van der Waals surface area contributed by atoms with Gasteiger partial charge in [-0.15, -0.1) is 0 Å². The molecule has 1 aliphatic carbocycles. The molecule has 0 amide bonds. The molecule has 108 valence electrons. The molecule has 0 unspecified atom stereocenters. The van der Waals surface area contributed by atoms with Gasteiger partial charge in [-0.05, 0) is 31.2 Å². The van der Waals surface area contributed by atoms with Crippen LogP contribution in [0.2, 0.25) is 0 Å². The quantitative estimate of drug-likeness (QED) is 0.730. The second-order valence-electron chi connectivity index (χ2n) is 6.38. The van der Waals surface area contributed by atoms with Crippen molar-refractivity contribution in [2.45, 2.75) is 33.5 Å². The Morgan fingerprint density at radius 3 is 2.60 bits per heavy atom. The molecule has 3 rings (SSSR count). The second-order valence-corrected chi connectivity index (χ2v) is 6.38. The monoisotopic (exact) mass is 273 g/mol. The van der Waals surface area contributed by atoms with E-state index >= 15 is 0 Å². The summed E-state index contributed by atoms with van der Waals surface area (Å²) in [6, 6.07) is 3.93. The lowest BCUT2D eigenvalue weighted by Gasteiger charge is -2.49. The van der Waals surface area contributed by atoms with Gasteiger partial charge in [0.15, 0.2) is 6.29 Å². The van der Waals surface area contributed by atoms with Gasteiger partial charge in [-0.3, -0.25) is 4.98 Å². The van der Waals surface area contributed by atoms with E-state index in [1.807, 2.05) is 18.3 Å². The van der Waals surface area contributed by atoms with Crippen molar-refractivity contribution in [1.82, 2.24) is 4.98 Å². The Morgan fingerprint density at radius 2 is 2.00 bits per heavy atom. The normalized spacial score (nSPS) is 37.8. The Labute approximate surface area is 121 Å². The molecule has 1 spiro atoms. The zero-order valence-electron chi connectivity index (χ0n) is 12.5. The molecule has 1 aromatic rings. The first kappa shape index (κ1) is 13.8. The van der Waals surface area contributed by atoms with E-state index in [4.69, 9.17) is 9.47 Å². The standard InChI is InChI=1S/C17H23NO2/c1-12-7-13(2)17(14(3)8-12)10-19-16(20-11-17)15-5-4-6-18-9-15/h4-7,9,13-14,16H,8,10-11H2,1-3H3/t13-,14+,16?,17?/m0/s1. The van der Waals surface area contributed by atoms with E-state index in [0.29, 0.717) is 11.8 Å². The Hall–Kier alpha value is -1.19. The molecule has 0 saturated carbocycles. The summed E-state index contributed by atoms with van der Waals surface area (Å²) in [5.74, 6) is 1.10. The zero-order valence-corrected chi connectivity index (χ0v) is 12.5. The van der Waals surface area contributed by atoms with Gasteiger partial charge in [0.2, 0.25) is 0 Å². The maximum Gasteiger partial charge on any atom is 0.185 e. The molecular weight excluding hydrogens is 250 g/mol. The number of nitrogens with zero attached hydrogens (tertiary/aromatic N) is 1. The summed E-state index contributed by atoms with van der Waals surface area (Å²) in [7, 11) is 0. The fourth-order valence-corrected chi connectivity index (χ4v) is 3.60. The summed E-state index contributed by atoms with van der Waals surface area (Å²) < 4.78 is 12.1.